The third-order valence-electron chi connectivity index (χ3n) is 2.52. The van der Waals surface area contributed by atoms with Gasteiger partial charge in [0.2, 0.25) is 0 Å². The van der Waals surface area contributed by atoms with E-state index in [9.17, 15) is 5.11 Å². The van der Waals surface area contributed by atoms with Gasteiger partial charge in [-0.3, -0.25) is 4.68 Å². The molecular weight excluding hydrogens is 188 g/mol. The van der Waals surface area contributed by atoms with Crippen LogP contribution in [-0.2, 0) is 6.54 Å². The van der Waals surface area contributed by atoms with Crippen molar-refractivity contribution in [1.29, 1.82) is 0 Å². The van der Waals surface area contributed by atoms with Gasteiger partial charge in [-0.25, -0.2) is 0 Å². The van der Waals surface area contributed by atoms with Gasteiger partial charge in [0.05, 0.1) is 5.69 Å². The van der Waals surface area contributed by atoms with Crippen LogP contribution in [0.15, 0.2) is 30.3 Å². The minimum atomic E-state index is 0.281. The Labute approximate surface area is 89.0 Å². The van der Waals surface area contributed by atoms with Gasteiger partial charge in [-0.05, 0) is 13.8 Å². The summed E-state index contributed by atoms with van der Waals surface area (Å²) >= 11 is 0. The summed E-state index contributed by atoms with van der Waals surface area (Å²) in [6.45, 7) is 4.65. The maximum atomic E-state index is 9.92. The molecule has 0 saturated carbocycles. The van der Waals surface area contributed by atoms with Gasteiger partial charge < -0.3 is 5.11 Å². The number of hydrogen-bond donors (Lipinski definition) is 1. The van der Waals surface area contributed by atoms with E-state index in [0.29, 0.717) is 5.69 Å². The molecule has 0 spiro atoms. The topological polar surface area (TPSA) is 38.0 Å². The largest absolute Gasteiger partial charge is 0.504 e. The summed E-state index contributed by atoms with van der Waals surface area (Å²) in [5.74, 6) is 0.281. The summed E-state index contributed by atoms with van der Waals surface area (Å²) < 4.78 is 1.80. The Morgan fingerprint density at radius 1 is 1.27 bits per heavy atom. The highest BCUT2D eigenvalue weighted by atomic mass is 16.3. The molecular formula is C12H14N2O. The smallest absolute Gasteiger partial charge is 0.164 e. The lowest BCUT2D eigenvalue weighted by molar-refractivity contribution is 0.469. The van der Waals surface area contributed by atoms with Gasteiger partial charge in [0.1, 0.15) is 5.69 Å². The summed E-state index contributed by atoms with van der Waals surface area (Å²) in [6, 6.07) is 9.72. The molecule has 0 bridgehead atoms. The van der Waals surface area contributed by atoms with Gasteiger partial charge in [-0.1, -0.05) is 30.3 Å². The van der Waals surface area contributed by atoms with Crippen LogP contribution < -0.4 is 0 Å². The monoisotopic (exact) mass is 202 g/mol. The fraction of sp³-hybridized carbons (Fsp3) is 0.250. The molecule has 2 aromatic rings. The van der Waals surface area contributed by atoms with Crippen molar-refractivity contribution < 1.29 is 5.11 Å². The van der Waals surface area contributed by atoms with Crippen LogP contribution in [0.1, 0.15) is 12.6 Å². The van der Waals surface area contributed by atoms with E-state index in [2.05, 4.69) is 5.10 Å². The van der Waals surface area contributed by atoms with E-state index in [1.165, 1.54) is 0 Å². The van der Waals surface area contributed by atoms with E-state index in [0.717, 1.165) is 17.8 Å². The minimum absolute atomic E-state index is 0.281. The Hall–Kier alpha value is -1.77. The molecule has 0 saturated heterocycles. The third-order valence-corrected chi connectivity index (χ3v) is 2.52. The lowest BCUT2D eigenvalue weighted by Crippen LogP contribution is -1.98. The molecule has 0 unspecified atom stereocenters. The highest BCUT2D eigenvalue weighted by molar-refractivity contribution is 5.66. The third kappa shape index (κ3) is 1.61. The van der Waals surface area contributed by atoms with E-state index in [1.807, 2.05) is 44.2 Å². The van der Waals surface area contributed by atoms with Crippen LogP contribution in [-0.4, -0.2) is 14.9 Å². The van der Waals surface area contributed by atoms with E-state index in [1.54, 1.807) is 4.68 Å². The summed E-state index contributed by atoms with van der Waals surface area (Å²) in [5, 5.41) is 14.3. The number of aromatic nitrogens is 2. The van der Waals surface area contributed by atoms with Crippen LogP contribution >= 0.6 is 0 Å². The van der Waals surface area contributed by atoms with Crippen molar-refractivity contribution in [1.82, 2.24) is 9.78 Å². The van der Waals surface area contributed by atoms with Crippen molar-refractivity contribution in [2.75, 3.05) is 0 Å². The number of nitrogens with zero attached hydrogens (tertiary/aromatic N) is 2. The first-order valence-electron chi connectivity index (χ1n) is 5.05. The second-order valence-electron chi connectivity index (χ2n) is 3.46. The minimum Gasteiger partial charge on any atom is -0.504 e. The fourth-order valence-corrected chi connectivity index (χ4v) is 1.64. The van der Waals surface area contributed by atoms with Crippen molar-refractivity contribution in [2.24, 2.45) is 0 Å². The number of rotatable bonds is 2. The van der Waals surface area contributed by atoms with Crippen molar-refractivity contribution >= 4 is 0 Å². The van der Waals surface area contributed by atoms with Gasteiger partial charge in [0.15, 0.2) is 5.75 Å². The van der Waals surface area contributed by atoms with E-state index in [-0.39, 0.29) is 5.75 Å². The molecule has 0 atom stereocenters. The molecule has 0 aliphatic heterocycles. The second kappa shape index (κ2) is 3.77. The number of aromatic hydroxyl groups is 1. The summed E-state index contributed by atoms with van der Waals surface area (Å²) in [7, 11) is 0. The predicted molar refractivity (Wildman–Crippen MR) is 59.7 cm³/mol. The van der Waals surface area contributed by atoms with Crippen LogP contribution in [0.2, 0.25) is 0 Å². The molecule has 1 aromatic carbocycles. The molecule has 0 aliphatic rings. The molecule has 2 rings (SSSR count). The molecule has 15 heavy (non-hydrogen) atoms. The maximum Gasteiger partial charge on any atom is 0.164 e. The molecule has 0 aliphatic carbocycles. The van der Waals surface area contributed by atoms with Crippen molar-refractivity contribution in [3.63, 3.8) is 0 Å². The molecule has 1 heterocycles. The highest BCUT2D eigenvalue weighted by Crippen LogP contribution is 2.30. The van der Waals surface area contributed by atoms with Crippen LogP contribution in [0.4, 0.5) is 0 Å². The van der Waals surface area contributed by atoms with Gasteiger partial charge in [0.25, 0.3) is 0 Å². The van der Waals surface area contributed by atoms with Crippen LogP contribution in [0.3, 0.4) is 0 Å². The van der Waals surface area contributed by atoms with Gasteiger partial charge >= 0.3 is 0 Å². The van der Waals surface area contributed by atoms with Crippen LogP contribution in [0, 0.1) is 6.92 Å². The highest BCUT2D eigenvalue weighted by Gasteiger charge is 2.13. The fourth-order valence-electron chi connectivity index (χ4n) is 1.64. The van der Waals surface area contributed by atoms with Crippen molar-refractivity contribution in [3.05, 3.63) is 36.0 Å². The molecule has 3 nitrogen and oxygen atoms in total. The Morgan fingerprint density at radius 3 is 2.47 bits per heavy atom. The quantitative estimate of drug-likeness (QED) is 0.812. The van der Waals surface area contributed by atoms with Crippen molar-refractivity contribution in [2.45, 2.75) is 20.4 Å². The predicted octanol–water partition coefficient (Wildman–Crippen LogP) is 2.58. The SMILES string of the molecule is CCn1nc(-c2ccccc2)c(O)c1C. The second-order valence-corrected chi connectivity index (χ2v) is 3.46. The van der Waals surface area contributed by atoms with E-state index < -0.39 is 0 Å². The molecule has 1 N–H and O–H groups in total. The molecule has 0 radical (unpaired) electrons. The lowest BCUT2D eigenvalue weighted by Gasteiger charge is -1.96. The number of aryl methyl sites for hydroxylation is 1. The van der Waals surface area contributed by atoms with E-state index >= 15 is 0 Å². The standard InChI is InChI=1S/C12H14N2O/c1-3-14-9(2)12(15)11(13-14)10-7-5-4-6-8-10/h4-8,15H,3H2,1-2H3. The zero-order valence-corrected chi connectivity index (χ0v) is 8.94. The van der Waals surface area contributed by atoms with Gasteiger partial charge in [-0.15, -0.1) is 0 Å². The maximum absolute atomic E-state index is 9.92. The Balaban J connectivity index is 2.55. The Bertz CT molecular complexity index is 460. The molecule has 1 aromatic heterocycles. The average Bonchev–Trinajstić information content (AvgIpc) is 2.57. The normalized spacial score (nSPS) is 10.5. The summed E-state index contributed by atoms with van der Waals surface area (Å²) in [4.78, 5) is 0. The molecule has 0 amide bonds. The zero-order chi connectivity index (χ0) is 10.8. The van der Waals surface area contributed by atoms with Gasteiger partial charge in [0, 0.05) is 12.1 Å². The molecule has 0 fully saturated rings. The van der Waals surface area contributed by atoms with Crippen LogP contribution in [0.5, 0.6) is 5.75 Å². The van der Waals surface area contributed by atoms with Crippen molar-refractivity contribution in [3.8, 4) is 17.0 Å². The summed E-state index contributed by atoms with van der Waals surface area (Å²) in [5.41, 5.74) is 2.43. The Kier molecular flexibility index (Phi) is 2.46. The first-order valence-corrected chi connectivity index (χ1v) is 5.05. The van der Waals surface area contributed by atoms with Gasteiger partial charge in [-0.2, -0.15) is 5.10 Å². The number of hydrogen-bond acceptors (Lipinski definition) is 2. The average molecular weight is 202 g/mol. The Morgan fingerprint density at radius 2 is 1.93 bits per heavy atom. The first-order chi connectivity index (χ1) is 7.24. The first kappa shape index (κ1) is 9.77. The lowest BCUT2D eigenvalue weighted by atomic mass is 10.1. The van der Waals surface area contributed by atoms with E-state index in [4.69, 9.17) is 0 Å². The summed E-state index contributed by atoms with van der Waals surface area (Å²) in [6.07, 6.45) is 0. The zero-order valence-electron chi connectivity index (χ0n) is 8.94. The number of benzene rings is 1. The van der Waals surface area contributed by atoms with Crippen LogP contribution in [0.25, 0.3) is 11.3 Å². The molecule has 78 valence electrons. The molecule has 3 heteroatoms.